The van der Waals surface area contributed by atoms with Crippen LogP contribution in [0, 0.1) is 13.8 Å². The third-order valence-corrected chi connectivity index (χ3v) is 4.06. The van der Waals surface area contributed by atoms with Gasteiger partial charge in [0.2, 0.25) is 5.95 Å². The topological polar surface area (TPSA) is 62.7 Å². The third-order valence-electron chi connectivity index (χ3n) is 3.69. The Morgan fingerprint density at radius 2 is 1.75 bits per heavy atom. The Balaban J connectivity index is 1.74. The molecular formula is C18H18ClN5. The lowest BCUT2D eigenvalue weighted by molar-refractivity contribution is 0.948. The van der Waals surface area contributed by atoms with E-state index in [0.717, 1.165) is 22.4 Å². The van der Waals surface area contributed by atoms with Crippen molar-refractivity contribution in [2.24, 2.45) is 0 Å². The van der Waals surface area contributed by atoms with Crippen LogP contribution in [-0.2, 0) is 6.54 Å². The average molecular weight is 340 g/mol. The van der Waals surface area contributed by atoms with Gasteiger partial charge in [-0.25, -0.2) is 0 Å². The van der Waals surface area contributed by atoms with Crippen LogP contribution in [0.4, 0.5) is 17.5 Å². The predicted molar refractivity (Wildman–Crippen MR) is 97.8 cm³/mol. The summed E-state index contributed by atoms with van der Waals surface area (Å²) in [4.78, 5) is 4.46. The summed E-state index contributed by atoms with van der Waals surface area (Å²) >= 11 is 6.16. The zero-order valence-electron chi connectivity index (χ0n) is 13.5. The fraction of sp³-hybridized carbons (Fsp3) is 0.167. The van der Waals surface area contributed by atoms with Gasteiger partial charge < -0.3 is 10.6 Å². The van der Waals surface area contributed by atoms with Crippen molar-refractivity contribution in [1.29, 1.82) is 0 Å². The van der Waals surface area contributed by atoms with Crippen LogP contribution >= 0.6 is 11.6 Å². The average Bonchev–Trinajstić information content (AvgIpc) is 2.58. The number of nitrogens with one attached hydrogen (secondary N) is 2. The molecule has 0 amide bonds. The van der Waals surface area contributed by atoms with Crippen LogP contribution in [0.2, 0.25) is 5.02 Å². The highest BCUT2D eigenvalue weighted by Gasteiger charge is 2.06. The zero-order chi connectivity index (χ0) is 16.9. The van der Waals surface area contributed by atoms with E-state index in [1.54, 1.807) is 6.20 Å². The second-order valence-corrected chi connectivity index (χ2v) is 5.91. The predicted octanol–water partition coefficient (Wildman–Crippen LogP) is 4.50. The van der Waals surface area contributed by atoms with Crippen LogP contribution in [0.3, 0.4) is 0 Å². The molecule has 1 heterocycles. The number of nitrogens with zero attached hydrogens (tertiary/aromatic N) is 3. The quantitative estimate of drug-likeness (QED) is 0.716. The fourth-order valence-electron chi connectivity index (χ4n) is 2.39. The summed E-state index contributed by atoms with van der Waals surface area (Å²) < 4.78 is 0. The molecule has 0 atom stereocenters. The first-order valence-corrected chi connectivity index (χ1v) is 8.01. The molecule has 6 heteroatoms. The minimum atomic E-state index is 0.450. The molecule has 0 spiro atoms. The van der Waals surface area contributed by atoms with Gasteiger partial charge in [-0.1, -0.05) is 48.0 Å². The molecule has 2 N–H and O–H groups in total. The fourth-order valence-corrected chi connectivity index (χ4v) is 2.60. The summed E-state index contributed by atoms with van der Waals surface area (Å²) in [5.41, 5.74) is 4.32. The number of benzene rings is 2. The highest BCUT2D eigenvalue weighted by molar-refractivity contribution is 6.31. The maximum atomic E-state index is 6.16. The van der Waals surface area contributed by atoms with Crippen LogP contribution in [-0.4, -0.2) is 15.2 Å². The molecule has 0 bridgehead atoms. The van der Waals surface area contributed by atoms with Gasteiger partial charge in [0.1, 0.15) is 0 Å². The van der Waals surface area contributed by atoms with Gasteiger partial charge in [-0.15, -0.1) is 5.10 Å². The largest absolute Gasteiger partial charge is 0.349 e. The Morgan fingerprint density at radius 1 is 1.00 bits per heavy atom. The van der Waals surface area contributed by atoms with Crippen molar-refractivity contribution in [3.8, 4) is 0 Å². The third kappa shape index (κ3) is 3.81. The highest BCUT2D eigenvalue weighted by atomic mass is 35.5. The van der Waals surface area contributed by atoms with Gasteiger partial charge in [0.05, 0.1) is 6.20 Å². The zero-order valence-corrected chi connectivity index (χ0v) is 14.3. The number of hydrogen-bond acceptors (Lipinski definition) is 5. The molecule has 0 saturated carbocycles. The van der Waals surface area contributed by atoms with Crippen LogP contribution in [0.25, 0.3) is 0 Å². The van der Waals surface area contributed by atoms with Crippen LogP contribution in [0.1, 0.15) is 16.7 Å². The normalized spacial score (nSPS) is 10.5. The minimum absolute atomic E-state index is 0.450. The first-order chi connectivity index (χ1) is 11.6. The molecule has 1 aromatic heterocycles. The molecule has 24 heavy (non-hydrogen) atoms. The van der Waals surface area contributed by atoms with E-state index in [2.05, 4.69) is 51.8 Å². The smallest absolute Gasteiger partial charge is 0.244 e. The summed E-state index contributed by atoms with van der Waals surface area (Å²) in [6.45, 7) is 4.65. The van der Waals surface area contributed by atoms with E-state index in [0.29, 0.717) is 23.3 Å². The second-order valence-electron chi connectivity index (χ2n) is 5.50. The lowest BCUT2D eigenvalue weighted by atomic mass is 10.1. The molecule has 122 valence electrons. The molecule has 0 aliphatic heterocycles. The van der Waals surface area contributed by atoms with Crippen molar-refractivity contribution >= 4 is 29.1 Å². The standard InChI is InChI=1S/C18H18ClN5/c1-12-6-5-7-13(2)17(12)22-16-11-21-24-18(23-16)20-10-14-8-3-4-9-15(14)19/h3-9,11H,10H2,1-2H3,(H2,20,22,23,24). The van der Waals surface area contributed by atoms with Gasteiger partial charge >= 0.3 is 0 Å². The summed E-state index contributed by atoms with van der Waals surface area (Å²) in [7, 11) is 0. The molecule has 3 rings (SSSR count). The molecule has 0 fully saturated rings. The number of aryl methyl sites for hydroxylation is 2. The van der Waals surface area contributed by atoms with Crippen molar-refractivity contribution in [3.05, 3.63) is 70.4 Å². The number of aromatic nitrogens is 3. The molecule has 3 aromatic rings. The van der Waals surface area contributed by atoms with Gasteiger partial charge in [-0.05, 0) is 36.6 Å². The van der Waals surface area contributed by atoms with Crippen LogP contribution in [0.5, 0.6) is 0 Å². The summed E-state index contributed by atoms with van der Waals surface area (Å²) in [5.74, 6) is 1.09. The molecule has 2 aromatic carbocycles. The van der Waals surface area contributed by atoms with Crippen molar-refractivity contribution < 1.29 is 0 Å². The van der Waals surface area contributed by atoms with Crippen molar-refractivity contribution in [1.82, 2.24) is 15.2 Å². The van der Waals surface area contributed by atoms with Crippen LogP contribution < -0.4 is 10.6 Å². The van der Waals surface area contributed by atoms with Crippen molar-refractivity contribution in [3.63, 3.8) is 0 Å². The van der Waals surface area contributed by atoms with E-state index >= 15 is 0 Å². The summed E-state index contributed by atoms with van der Waals surface area (Å²) in [6, 6.07) is 13.8. The molecule has 0 unspecified atom stereocenters. The number of anilines is 3. The second kappa shape index (κ2) is 7.27. The van der Waals surface area contributed by atoms with Gasteiger partial charge in [-0.3, -0.25) is 0 Å². The molecule has 0 aliphatic carbocycles. The minimum Gasteiger partial charge on any atom is -0.349 e. The van der Waals surface area contributed by atoms with E-state index in [4.69, 9.17) is 11.6 Å². The van der Waals surface area contributed by atoms with E-state index in [1.165, 1.54) is 0 Å². The Morgan fingerprint density at radius 3 is 2.50 bits per heavy atom. The first-order valence-electron chi connectivity index (χ1n) is 7.64. The SMILES string of the molecule is Cc1cccc(C)c1Nc1cnnc(NCc2ccccc2Cl)n1. The van der Waals surface area contributed by atoms with Crippen LogP contribution in [0.15, 0.2) is 48.7 Å². The first kappa shape index (κ1) is 16.2. The molecule has 5 nitrogen and oxygen atoms in total. The lowest BCUT2D eigenvalue weighted by Gasteiger charge is -2.12. The molecule has 0 radical (unpaired) electrons. The Hall–Kier alpha value is -2.66. The Labute approximate surface area is 146 Å². The monoisotopic (exact) mass is 339 g/mol. The maximum Gasteiger partial charge on any atom is 0.244 e. The molecule has 0 aliphatic rings. The van der Waals surface area contributed by atoms with Gasteiger partial charge in [0.15, 0.2) is 5.82 Å². The number of para-hydroxylation sites is 1. The molecule has 0 saturated heterocycles. The lowest BCUT2D eigenvalue weighted by Crippen LogP contribution is -2.07. The van der Waals surface area contributed by atoms with E-state index in [9.17, 15) is 0 Å². The van der Waals surface area contributed by atoms with Crippen molar-refractivity contribution in [2.45, 2.75) is 20.4 Å². The highest BCUT2D eigenvalue weighted by Crippen LogP contribution is 2.23. The summed E-state index contributed by atoms with van der Waals surface area (Å²) in [5, 5.41) is 15.2. The Kier molecular flexibility index (Phi) is 4.91. The number of halogens is 1. The van der Waals surface area contributed by atoms with Gasteiger partial charge in [0.25, 0.3) is 0 Å². The van der Waals surface area contributed by atoms with E-state index < -0.39 is 0 Å². The van der Waals surface area contributed by atoms with Gasteiger partial charge in [-0.2, -0.15) is 10.1 Å². The van der Waals surface area contributed by atoms with E-state index in [-0.39, 0.29) is 0 Å². The maximum absolute atomic E-state index is 6.16. The number of rotatable bonds is 5. The van der Waals surface area contributed by atoms with Crippen molar-refractivity contribution in [2.75, 3.05) is 10.6 Å². The summed E-state index contributed by atoms with van der Waals surface area (Å²) in [6.07, 6.45) is 1.60. The van der Waals surface area contributed by atoms with E-state index in [1.807, 2.05) is 30.3 Å². The number of hydrogen-bond donors (Lipinski definition) is 2. The molecular weight excluding hydrogens is 322 g/mol. The van der Waals surface area contributed by atoms with Gasteiger partial charge in [0, 0.05) is 17.3 Å². The Bertz CT molecular complexity index is 830.